The molecule has 0 saturated carbocycles. The molecule has 1 atom stereocenters. The zero-order chi connectivity index (χ0) is 22.1. The summed E-state index contributed by atoms with van der Waals surface area (Å²) in [5.41, 5.74) is 6.07. The van der Waals surface area contributed by atoms with Crippen molar-refractivity contribution in [2.45, 2.75) is 19.6 Å². The molecule has 7 heteroatoms. The van der Waals surface area contributed by atoms with Crippen molar-refractivity contribution >= 4 is 11.8 Å². The van der Waals surface area contributed by atoms with E-state index in [1.165, 1.54) is 7.11 Å². The first-order valence-electron chi connectivity index (χ1n) is 9.74. The second-order valence-electron chi connectivity index (χ2n) is 6.62. The number of nitrogens with one attached hydrogen (secondary N) is 2. The summed E-state index contributed by atoms with van der Waals surface area (Å²) in [6, 6.07) is 23.5. The molecule has 3 aromatic rings. The second-order valence-corrected chi connectivity index (χ2v) is 6.62. The van der Waals surface area contributed by atoms with Crippen LogP contribution < -0.4 is 25.1 Å². The van der Waals surface area contributed by atoms with Gasteiger partial charge in [-0.3, -0.25) is 20.4 Å². The van der Waals surface area contributed by atoms with Gasteiger partial charge < -0.3 is 14.2 Å². The lowest BCUT2D eigenvalue weighted by Crippen LogP contribution is -2.47. The number of hydrogen-bond donors (Lipinski definition) is 2. The topological polar surface area (TPSA) is 85.9 Å². The highest BCUT2D eigenvalue weighted by molar-refractivity contribution is 5.98. The molecule has 2 N–H and O–H groups in total. The van der Waals surface area contributed by atoms with Crippen molar-refractivity contribution in [2.24, 2.45) is 0 Å². The van der Waals surface area contributed by atoms with Crippen LogP contribution in [0.1, 0.15) is 22.8 Å². The third kappa shape index (κ3) is 5.99. The predicted molar refractivity (Wildman–Crippen MR) is 116 cm³/mol. The molecule has 1 unspecified atom stereocenters. The molecule has 7 nitrogen and oxygen atoms in total. The normalized spacial score (nSPS) is 11.2. The highest BCUT2D eigenvalue weighted by Crippen LogP contribution is 2.26. The molecule has 0 radical (unpaired) electrons. The Morgan fingerprint density at radius 2 is 1.42 bits per heavy atom. The fourth-order valence-electron chi connectivity index (χ4n) is 2.76. The fourth-order valence-corrected chi connectivity index (χ4v) is 2.76. The summed E-state index contributed by atoms with van der Waals surface area (Å²) in [6.45, 7) is 1.89. The van der Waals surface area contributed by atoms with Gasteiger partial charge in [-0.2, -0.15) is 0 Å². The summed E-state index contributed by atoms with van der Waals surface area (Å²) in [5, 5.41) is 0. The van der Waals surface area contributed by atoms with Crippen molar-refractivity contribution in [3.63, 3.8) is 0 Å². The molecule has 0 saturated heterocycles. The lowest BCUT2D eigenvalue weighted by atomic mass is 10.2. The Balaban J connectivity index is 1.57. The maximum atomic E-state index is 12.6. The van der Waals surface area contributed by atoms with Crippen LogP contribution in [0.2, 0.25) is 0 Å². The van der Waals surface area contributed by atoms with Crippen molar-refractivity contribution in [3.05, 3.63) is 90.0 Å². The van der Waals surface area contributed by atoms with E-state index in [9.17, 15) is 9.59 Å². The first-order chi connectivity index (χ1) is 15.1. The summed E-state index contributed by atoms with van der Waals surface area (Å²) < 4.78 is 16.6. The smallest absolute Gasteiger partial charge is 0.279 e. The molecule has 0 bridgehead atoms. The van der Waals surface area contributed by atoms with Gasteiger partial charge in [-0.05, 0) is 36.8 Å². The Bertz CT molecular complexity index is 1020. The minimum Gasteiger partial charge on any atom is -0.493 e. The highest BCUT2D eigenvalue weighted by Gasteiger charge is 2.19. The zero-order valence-electron chi connectivity index (χ0n) is 17.3. The molecule has 0 aliphatic heterocycles. The molecule has 3 rings (SSSR count). The van der Waals surface area contributed by atoms with Crippen LogP contribution in [-0.4, -0.2) is 25.0 Å². The maximum Gasteiger partial charge on any atom is 0.279 e. The SMILES string of the molecule is COc1ccccc1OC(C)C(=O)NNC(=O)c1ccccc1OCc1ccccc1. The van der Waals surface area contributed by atoms with Gasteiger partial charge in [0.15, 0.2) is 17.6 Å². The molecule has 3 aromatic carbocycles. The van der Waals surface area contributed by atoms with Crippen LogP contribution in [0.25, 0.3) is 0 Å². The van der Waals surface area contributed by atoms with E-state index >= 15 is 0 Å². The van der Waals surface area contributed by atoms with Gasteiger partial charge in [-0.1, -0.05) is 54.6 Å². The number of carbonyl (C=O) groups is 2. The van der Waals surface area contributed by atoms with Gasteiger partial charge in [-0.25, -0.2) is 0 Å². The molecular weight excluding hydrogens is 396 g/mol. The number of amides is 2. The number of rotatable bonds is 8. The molecule has 0 aliphatic carbocycles. The minimum atomic E-state index is -0.860. The summed E-state index contributed by atoms with van der Waals surface area (Å²) in [6.07, 6.45) is -0.860. The van der Waals surface area contributed by atoms with Gasteiger partial charge in [0.1, 0.15) is 12.4 Å². The standard InChI is InChI=1S/C24H24N2O5/c1-17(31-22-15-9-8-14-21(22)29-2)23(27)25-26-24(28)19-12-6-7-13-20(19)30-16-18-10-4-3-5-11-18/h3-15,17H,16H2,1-2H3,(H,25,27)(H,26,28). The lowest BCUT2D eigenvalue weighted by Gasteiger charge is -2.17. The van der Waals surface area contributed by atoms with Gasteiger partial charge in [0.2, 0.25) is 0 Å². The molecule has 0 spiro atoms. The largest absolute Gasteiger partial charge is 0.493 e. The molecule has 0 aliphatic rings. The van der Waals surface area contributed by atoms with Crippen molar-refractivity contribution in [1.82, 2.24) is 10.9 Å². The number of ether oxygens (including phenoxy) is 3. The number of benzene rings is 3. The first kappa shape index (κ1) is 21.7. The van der Waals surface area contributed by atoms with Gasteiger partial charge in [-0.15, -0.1) is 0 Å². The van der Waals surface area contributed by atoms with Crippen molar-refractivity contribution in [3.8, 4) is 17.2 Å². The third-order valence-corrected chi connectivity index (χ3v) is 4.41. The maximum absolute atomic E-state index is 12.6. The van der Waals surface area contributed by atoms with Crippen LogP contribution in [0.4, 0.5) is 0 Å². The fraction of sp³-hybridized carbons (Fsp3) is 0.167. The second kappa shape index (κ2) is 10.7. The van der Waals surface area contributed by atoms with Crippen LogP contribution in [-0.2, 0) is 11.4 Å². The van der Waals surface area contributed by atoms with E-state index in [1.54, 1.807) is 55.5 Å². The first-order valence-corrected chi connectivity index (χ1v) is 9.74. The van der Waals surface area contributed by atoms with E-state index in [1.807, 2.05) is 30.3 Å². The van der Waals surface area contributed by atoms with Crippen molar-refractivity contribution in [1.29, 1.82) is 0 Å². The molecule has 31 heavy (non-hydrogen) atoms. The molecular formula is C24H24N2O5. The van der Waals surface area contributed by atoms with Crippen LogP contribution in [0, 0.1) is 0 Å². The Labute approximate surface area is 180 Å². The number of methoxy groups -OCH3 is 1. The number of carbonyl (C=O) groups excluding carboxylic acids is 2. The Morgan fingerprint density at radius 1 is 0.806 bits per heavy atom. The molecule has 0 heterocycles. The third-order valence-electron chi connectivity index (χ3n) is 4.41. The van der Waals surface area contributed by atoms with E-state index < -0.39 is 17.9 Å². The number of hydrazine groups is 1. The van der Waals surface area contributed by atoms with E-state index in [-0.39, 0.29) is 0 Å². The van der Waals surface area contributed by atoms with Gasteiger partial charge in [0.25, 0.3) is 11.8 Å². The van der Waals surface area contributed by atoms with Crippen LogP contribution in [0.5, 0.6) is 17.2 Å². The lowest BCUT2D eigenvalue weighted by molar-refractivity contribution is -0.128. The van der Waals surface area contributed by atoms with E-state index in [2.05, 4.69) is 10.9 Å². The summed E-state index contributed by atoms with van der Waals surface area (Å²) in [7, 11) is 1.52. The monoisotopic (exact) mass is 420 g/mol. The molecule has 0 fully saturated rings. The van der Waals surface area contributed by atoms with Gasteiger partial charge >= 0.3 is 0 Å². The Morgan fingerprint density at radius 3 is 2.13 bits per heavy atom. The number of para-hydroxylation sites is 3. The van der Waals surface area contributed by atoms with E-state index in [4.69, 9.17) is 14.2 Å². The summed E-state index contributed by atoms with van der Waals surface area (Å²) in [5.74, 6) is 0.342. The number of hydrogen-bond acceptors (Lipinski definition) is 5. The Hall–Kier alpha value is -4.00. The van der Waals surface area contributed by atoms with E-state index in [0.29, 0.717) is 29.4 Å². The van der Waals surface area contributed by atoms with Crippen molar-refractivity contribution in [2.75, 3.05) is 7.11 Å². The zero-order valence-corrected chi connectivity index (χ0v) is 17.3. The summed E-state index contributed by atoms with van der Waals surface area (Å²) in [4.78, 5) is 25.0. The summed E-state index contributed by atoms with van der Waals surface area (Å²) >= 11 is 0. The average Bonchev–Trinajstić information content (AvgIpc) is 2.82. The van der Waals surface area contributed by atoms with Gasteiger partial charge in [0, 0.05) is 0 Å². The molecule has 0 aromatic heterocycles. The average molecular weight is 420 g/mol. The Kier molecular flexibility index (Phi) is 7.48. The predicted octanol–water partition coefficient (Wildman–Crippen LogP) is 3.50. The van der Waals surface area contributed by atoms with Crippen LogP contribution in [0.15, 0.2) is 78.9 Å². The van der Waals surface area contributed by atoms with Gasteiger partial charge in [0.05, 0.1) is 12.7 Å². The molecule has 160 valence electrons. The van der Waals surface area contributed by atoms with Crippen molar-refractivity contribution < 1.29 is 23.8 Å². The minimum absolute atomic E-state index is 0.303. The van der Waals surface area contributed by atoms with Crippen LogP contribution in [0.3, 0.4) is 0 Å². The molecule has 2 amide bonds. The van der Waals surface area contributed by atoms with Crippen LogP contribution >= 0.6 is 0 Å². The highest BCUT2D eigenvalue weighted by atomic mass is 16.5. The quantitative estimate of drug-likeness (QED) is 0.545. The van der Waals surface area contributed by atoms with E-state index in [0.717, 1.165) is 5.56 Å².